The predicted octanol–water partition coefficient (Wildman–Crippen LogP) is 2.25. The number of carbonyl (C=O) groups is 1. The molecule has 30 heavy (non-hydrogen) atoms. The standard InChI is InChI=1S/C20H17BFN5O2S/c1-11(24-25-20(30)23-14-6-3-12(10-28)4-7-14)17-19(29)18(27(2)26-17)13-5-8-16(22)15(21)9-13/h3-10,29H,1-2H3,(H2,23,25,30)/b24-11+. The van der Waals surface area contributed by atoms with Gasteiger partial charge < -0.3 is 10.4 Å². The van der Waals surface area contributed by atoms with Crippen LogP contribution in [0.15, 0.2) is 47.6 Å². The summed E-state index contributed by atoms with van der Waals surface area (Å²) in [4.78, 5) is 10.7. The Morgan fingerprint density at radius 1 is 1.30 bits per heavy atom. The lowest BCUT2D eigenvalue weighted by Crippen LogP contribution is -2.25. The first-order valence-electron chi connectivity index (χ1n) is 8.78. The third-order valence-electron chi connectivity index (χ3n) is 4.26. The quantitative estimate of drug-likeness (QED) is 0.193. The summed E-state index contributed by atoms with van der Waals surface area (Å²) in [7, 11) is 7.27. The summed E-state index contributed by atoms with van der Waals surface area (Å²) >= 11 is 5.20. The third-order valence-corrected chi connectivity index (χ3v) is 4.46. The molecule has 0 unspecified atom stereocenters. The molecule has 3 aromatic rings. The van der Waals surface area contributed by atoms with Crippen LogP contribution < -0.4 is 16.2 Å². The summed E-state index contributed by atoms with van der Waals surface area (Å²) in [6.07, 6.45) is 0.752. The molecule has 150 valence electrons. The maximum absolute atomic E-state index is 13.4. The molecule has 0 aliphatic carbocycles. The molecule has 10 heteroatoms. The summed E-state index contributed by atoms with van der Waals surface area (Å²) in [6.45, 7) is 1.65. The van der Waals surface area contributed by atoms with Gasteiger partial charge in [-0.2, -0.15) is 10.2 Å². The van der Waals surface area contributed by atoms with E-state index in [4.69, 9.17) is 20.1 Å². The molecule has 2 aromatic carbocycles. The van der Waals surface area contributed by atoms with Crippen molar-refractivity contribution in [2.24, 2.45) is 12.1 Å². The van der Waals surface area contributed by atoms with E-state index in [0.717, 1.165) is 6.29 Å². The van der Waals surface area contributed by atoms with Crippen molar-refractivity contribution in [3.63, 3.8) is 0 Å². The first-order chi connectivity index (χ1) is 14.3. The summed E-state index contributed by atoms with van der Waals surface area (Å²) in [5.74, 6) is -0.653. The fourth-order valence-electron chi connectivity index (χ4n) is 2.76. The highest BCUT2D eigenvalue weighted by Crippen LogP contribution is 2.31. The highest BCUT2D eigenvalue weighted by molar-refractivity contribution is 7.80. The van der Waals surface area contributed by atoms with Gasteiger partial charge in [-0.05, 0) is 55.5 Å². The van der Waals surface area contributed by atoms with Crippen molar-refractivity contribution in [3.8, 4) is 17.0 Å². The number of hydrogen-bond acceptors (Lipinski definition) is 5. The number of aryl methyl sites for hydroxylation is 1. The van der Waals surface area contributed by atoms with Gasteiger partial charge in [-0.3, -0.25) is 14.9 Å². The molecule has 0 aliphatic heterocycles. The summed E-state index contributed by atoms with van der Waals surface area (Å²) in [6, 6.07) is 10.9. The summed E-state index contributed by atoms with van der Waals surface area (Å²) < 4.78 is 14.9. The molecule has 1 heterocycles. The lowest BCUT2D eigenvalue weighted by molar-refractivity contribution is 0.112. The molecule has 7 nitrogen and oxygen atoms in total. The van der Waals surface area contributed by atoms with Gasteiger partial charge in [-0.25, -0.2) is 4.39 Å². The average Bonchev–Trinajstić information content (AvgIpc) is 3.03. The van der Waals surface area contributed by atoms with Crippen molar-refractivity contribution in [2.75, 3.05) is 5.32 Å². The minimum atomic E-state index is -0.538. The zero-order chi connectivity index (χ0) is 21.8. The van der Waals surface area contributed by atoms with E-state index in [-0.39, 0.29) is 22.0 Å². The van der Waals surface area contributed by atoms with Gasteiger partial charge in [0.25, 0.3) is 0 Å². The van der Waals surface area contributed by atoms with E-state index in [1.54, 1.807) is 38.2 Å². The minimum absolute atomic E-state index is 0.0284. The average molecular weight is 421 g/mol. The molecular formula is C20H17BFN5O2S. The number of nitrogens with one attached hydrogen (secondary N) is 2. The van der Waals surface area contributed by atoms with Crippen LogP contribution in [0, 0.1) is 5.82 Å². The highest BCUT2D eigenvalue weighted by atomic mass is 32.1. The van der Waals surface area contributed by atoms with Crippen LogP contribution in [-0.4, -0.2) is 39.8 Å². The second kappa shape index (κ2) is 8.87. The second-order valence-corrected chi connectivity index (χ2v) is 6.82. The number of nitrogens with zero attached hydrogens (tertiary/aromatic N) is 3. The lowest BCUT2D eigenvalue weighted by Gasteiger charge is -2.07. The highest BCUT2D eigenvalue weighted by Gasteiger charge is 2.19. The van der Waals surface area contributed by atoms with Gasteiger partial charge in [-0.15, -0.1) is 0 Å². The monoisotopic (exact) mass is 421 g/mol. The van der Waals surface area contributed by atoms with Crippen molar-refractivity contribution in [1.29, 1.82) is 0 Å². The van der Waals surface area contributed by atoms with Crippen LogP contribution in [0.4, 0.5) is 10.1 Å². The Kier molecular flexibility index (Phi) is 6.27. The number of hydrogen-bond donors (Lipinski definition) is 3. The van der Waals surface area contributed by atoms with E-state index >= 15 is 0 Å². The van der Waals surface area contributed by atoms with E-state index in [2.05, 4.69) is 20.9 Å². The number of anilines is 1. The number of rotatable bonds is 5. The van der Waals surface area contributed by atoms with Crippen molar-refractivity contribution >= 4 is 48.3 Å². The summed E-state index contributed by atoms with van der Waals surface area (Å²) in [5, 5.41) is 22.2. The Morgan fingerprint density at radius 3 is 2.63 bits per heavy atom. The second-order valence-electron chi connectivity index (χ2n) is 6.41. The van der Waals surface area contributed by atoms with E-state index in [1.807, 2.05) is 0 Å². The van der Waals surface area contributed by atoms with Crippen molar-refractivity contribution in [1.82, 2.24) is 15.2 Å². The Bertz CT molecular complexity index is 1140. The molecular weight excluding hydrogens is 404 g/mol. The van der Waals surface area contributed by atoms with Gasteiger partial charge in [0, 0.05) is 23.9 Å². The van der Waals surface area contributed by atoms with Gasteiger partial charge in [0.2, 0.25) is 0 Å². The van der Waals surface area contributed by atoms with Crippen LogP contribution in [0.3, 0.4) is 0 Å². The van der Waals surface area contributed by atoms with Crippen molar-refractivity contribution in [3.05, 3.63) is 59.5 Å². The predicted molar refractivity (Wildman–Crippen MR) is 119 cm³/mol. The Morgan fingerprint density at radius 2 is 2.00 bits per heavy atom. The fraction of sp³-hybridized carbons (Fsp3) is 0.100. The molecule has 0 fully saturated rings. The molecule has 0 spiro atoms. The first kappa shape index (κ1) is 21.2. The molecule has 3 rings (SSSR count). The number of benzene rings is 2. The van der Waals surface area contributed by atoms with Gasteiger partial charge >= 0.3 is 0 Å². The molecule has 0 aliphatic rings. The van der Waals surface area contributed by atoms with Crippen LogP contribution in [0.25, 0.3) is 11.3 Å². The SMILES string of the molecule is [B]c1cc(-c2c(O)c(/C(C)=N/NC(=S)Nc3ccc(C=O)cc3)nn2C)ccc1F. The topological polar surface area (TPSA) is 91.5 Å². The Labute approximate surface area is 179 Å². The van der Waals surface area contributed by atoms with Gasteiger partial charge in [0.1, 0.15) is 25.6 Å². The number of halogens is 1. The zero-order valence-corrected chi connectivity index (χ0v) is 17.0. The third kappa shape index (κ3) is 4.55. The summed E-state index contributed by atoms with van der Waals surface area (Å²) in [5.41, 5.74) is 5.40. The van der Waals surface area contributed by atoms with Crippen LogP contribution in [0.2, 0.25) is 0 Å². The number of aromatic nitrogens is 2. The van der Waals surface area contributed by atoms with Crippen LogP contribution in [0.5, 0.6) is 5.75 Å². The molecule has 0 atom stereocenters. The Balaban J connectivity index is 1.76. The van der Waals surface area contributed by atoms with E-state index < -0.39 is 5.82 Å². The molecule has 2 radical (unpaired) electrons. The maximum Gasteiger partial charge on any atom is 0.191 e. The van der Waals surface area contributed by atoms with Gasteiger partial charge in [-0.1, -0.05) is 11.5 Å². The number of aldehydes is 1. The van der Waals surface area contributed by atoms with Crippen molar-refractivity contribution in [2.45, 2.75) is 6.92 Å². The molecule has 1 aromatic heterocycles. The largest absolute Gasteiger partial charge is 0.504 e. The lowest BCUT2D eigenvalue weighted by atomic mass is 9.92. The van der Waals surface area contributed by atoms with Gasteiger partial charge in [0.15, 0.2) is 16.6 Å². The number of hydrazone groups is 1. The zero-order valence-electron chi connectivity index (χ0n) is 16.2. The van der Waals surface area contributed by atoms with Crippen LogP contribution >= 0.6 is 12.2 Å². The number of thiocarbonyl (C=S) groups is 1. The smallest absolute Gasteiger partial charge is 0.191 e. The number of aromatic hydroxyl groups is 1. The molecule has 0 bridgehead atoms. The molecule has 0 saturated carbocycles. The van der Waals surface area contributed by atoms with Crippen LogP contribution in [-0.2, 0) is 7.05 Å². The normalized spacial score (nSPS) is 11.2. The van der Waals surface area contributed by atoms with E-state index in [1.165, 1.54) is 22.9 Å². The van der Waals surface area contributed by atoms with E-state index in [0.29, 0.717) is 28.2 Å². The first-order valence-corrected chi connectivity index (χ1v) is 9.19. The fourth-order valence-corrected chi connectivity index (χ4v) is 2.93. The Hall–Kier alpha value is -3.53. The van der Waals surface area contributed by atoms with Gasteiger partial charge in [0.05, 0.1) is 5.71 Å². The molecule has 0 saturated heterocycles. The maximum atomic E-state index is 13.4. The van der Waals surface area contributed by atoms with Crippen molar-refractivity contribution < 1.29 is 14.3 Å². The molecule has 3 N–H and O–H groups in total. The van der Waals surface area contributed by atoms with E-state index in [9.17, 15) is 14.3 Å². The number of carbonyl (C=O) groups excluding carboxylic acids is 1. The molecule has 0 amide bonds. The van der Waals surface area contributed by atoms with Crippen LogP contribution in [0.1, 0.15) is 23.0 Å². The minimum Gasteiger partial charge on any atom is -0.504 e.